The fourth-order valence-electron chi connectivity index (χ4n) is 2.91. The molecule has 2 N–H and O–H groups in total. The lowest BCUT2D eigenvalue weighted by atomic mass is 10.0. The molecule has 0 saturated carbocycles. The summed E-state index contributed by atoms with van der Waals surface area (Å²) in [4.78, 5) is 22.1. The Hall–Kier alpha value is -2.86. The molecule has 2 aromatic carbocycles. The SMILES string of the molecule is CC(=O)c1ccc(OCC(O)COc2cc([N+](=O)[O-])c(C)cc2Br)c(CCC(F)(F)F)c1O. The maximum atomic E-state index is 12.7. The van der Waals surface area contributed by atoms with Gasteiger partial charge in [-0.05, 0) is 54.4 Å². The smallest absolute Gasteiger partial charge is 0.389 e. The number of nitrogens with zero attached hydrogens (tertiary/aromatic N) is 1. The van der Waals surface area contributed by atoms with Gasteiger partial charge in [0.25, 0.3) is 5.69 Å². The molecule has 0 aromatic heterocycles. The van der Waals surface area contributed by atoms with E-state index in [0.29, 0.717) is 10.0 Å². The minimum atomic E-state index is -4.49. The second kappa shape index (κ2) is 10.8. The lowest BCUT2D eigenvalue weighted by Crippen LogP contribution is -2.25. The summed E-state index contributed by atoms with van der Waals surface area (Å²) in [5.74, 6) is -1.14. The molecule has 2 aromatic rings. The van der Waals surface area contributed by atoms with Crippen molar-refractivity contribution < 1.29 is 42.6 Å². The van der Waals surface area contributed by atoms with E-state index in [-0.39, 0.29) is 34.9 Å². The number of nitro benzene ring substituents is 1. The molecule has 0 saturated heterocycles. The summed E-state index contributed by atoms with van der Waals surface area (Å²) >= 11 is 3.22. The molecule has 0 aliphatic rings. The highest BCUT2D eigenvalue weighted by atomic mass is 79.9. The number of ether oxygens (including phenoxy) is 2. The number of aliphatic hydroxyl groups excluding tert-OH is 1. The topological polar surface area (TPSA) is 119 Å². The predicted octanol–water partition coefficient (Wildman–Crippen LogP) is 4.89. The van der Waals surface area contributed by atoms with Crippen molar-refractivity contribution in [2.24, 2.45) is 0 Å². The molecule has 0 fully saturated rings. The Bertz CT molecular complexity index is 1040. The van der Waals surface area contributed by atoms with Crippen molar-refractivity contribution in [1.29, 1.82) is 0 Å². The van der Waals surface area contributed by atoms with Crippen LogP contribution >= 0.6 is 15.9 Å². The Kier molecular flexibility index (Phi) is 8.67. The standard InChI is InChI=1S/C21H21BrF3NO7/c1-11-7-16(22)19(8-17(11)26(30)31)33-10-13(28)9-32-18-4-3-14(12(2)27)20(29)15(18)5-6-21(23,24)25/h3-4,7-8,13,28-29H,5-6,9-10H2,1-2H3. The number of alkyl halides is 3. The fourth-order valence-corrected chi connectivity index (χ4v) is 3.49. The van der Waals surface area contributed by atoms with Crippen molar-refractivity contribution in [2.75, 3.05) is 13.2 Å². The summed E-state index contributed by atoms with van der Waals surface area (Å²) in [5, 5.41) is 31.5. The molecule has 1 unspecified atom stereocenters. The third kappa shape index (κ3) is 7.32. The third-order valence-corrected chi connectivity index (χ3v) is 5.21. The van der Waals surface area contributed by atoms with Crippen LogP contribution in [0.4, 0.5) is 18.9 Å². The van der Waals surface area contributed by atoms with Crippen LogP contribution < -0.4 is 9.47 Å². The largest absolute Gasteiger partial charge is 0.507 e. The number of phenols is 1. The summed E-state index contributed by atoms with van der Waals surface area (Å²) in [6.45, 7) is 1.97. The zero-order chi connectivity index (χ0) is 24.9. The number of aryl methyl sites for hydroxylation is 1. The Morgan fingerprint density at radius 3 is 2.36 bits per heavy atom. The highest BCUT2D eigenvalue weighted by Crippen LogP contribution is 2.36. The molecule has 180 valence electrons. The zero-order valence-corrected chi connectivity index (χ0v) is 19.2. The van der Waals surface area contributed by atoms with Gasteiger partial charge < -0.3 is 19.7 Å². The summed E-state index contributed by atoms with van der Waals surface area (Å²) in [6, 6.07) is 5.15. The Morgan fingerprint density at radius 1 is 1.21 bits per heavy atom. The number of hydrogen-bond donors (Lipinski definition) is 2. The predicted molar refractivity (Wildman–Crippen MR) is 115 cm³/mol. The van der Waals surface area contributed by atoms with Crippen LogP contribution in [0.1, 0.15) is 34.8 Å². The van der Waals surface area contributed by atoms with E-state index in [1.807, 2.05) is 0 Å². The minimum Gasteiger partial charge on any atom is -0.507 e. The Balaban J connectivity index is 2.11. The van der Waals surface area contributed by atoms with Crippen molar-refractivity contribution >= 4 is 27.4 Å². The number of Topliss-reactive ketones (excluding diaryl/α,β-unsaturated/α-hetero) is 1. The molecule has 0 radical (unpaired) electrons. The van der Waals surface area contributed by atoms with Crippen LogP contribution in [0, 0.1) is 17.0 Å². The number of phenolic OH excluding ortho intramolecular Hbond substituents is 1. The monoisotopic (exact) mass is 535 g/mol. The molecule has 0 amide bonds. The molecule has 0 spiro atoms. The molecular formula is C21H21BrF3NO7. The van der Waals surface area contributed by atoms with Crippen LogP contribution in [0.25, 0.3) is 0 Å². The first-order chi connectivity index (χ1) is 15.3. The van der Waals surface area contributed by atoms with Gasteiger partial charge >= 0.3 is 6.18 Å². The van der Waals surface area contributed by atoms with E-state index in [2.05, 4.69) is 15.9 Å². The molecule has 0 aliphatic carbocycles. The van der Waals surface area contributed by atoms with Gasteiger partial charge in [0.15, 0.2) is 5.78 Å². The van der Waals surface area contributed by atoms with Gasteiger partial charge in [-0.3, -0.25) is 14.9 Å². The fraction of sp³-hybridized carbons (Fsp3) is 0.381. The van der Waals surface area contributed by atoms with Gasteiger partial charge in [-0.15, -0.1) is 0 Å². The quantitative estimate of drug-likeness (QED) is 0.252. The maximum Gasteiger partial charge on any atom is 0.389 e. The number of hydrogen-bond acceptors (Lipinski definition) is 7. The zero-order valence-electron chi connectivity index (χ0n) is 17.6. The van der Waals surface area contributed by atoms with E-state index in [1.54, 1.807) is 6.92 Å². The number of aliphatic hydroxyl groups is 1. The van der Waals surface area contributed by atoms with Gasteiger partial charge in [-0.1, -0.05) is 0 Å². The first-order valence-corrected chi connectivity index (χ1v) is 10.4. The maximum absolute atomic E-state index is 12.7. The summed E-state index contributed by atoms with van der Waals surface area (Å²) in [7, 11) is 0. The molecule has 12 heteroatoms. The van der Waals surface area contributed by atoms with Crippen LogP contribution in [-0.4, -0.2) is 46.4 Å². The van der Waals surface area contributed by atoms with E-state index in [9.17, 15) is 38.3 Å². The van der Waals surface area contributed by atoms with Crippen molar-refractivity contribution in [2.45, 2.75) is 39.0 Å². The van der Waals surface area contributed by atoms with Crippen LogP contribution in [0.15, 0.2) is 28.7 Å². The average molecular weight is 536 g/mol. The summed E-state index contributed by atoms with van der Waals surface area (Å²) < 4.78 is 49.3. The minimum absolute atomic E-state index is 0.112. The van der Waals surface area contributed by atoms with Gasteiger partial charge in [0, 0.05) is 17.5 Å². The lowest BCUT2D eigenvalue weighted by Gasteiger charge is -2.18. The number of aromatic hydroxyl groups is 1. The number of ketones is 1. The Morgan fingerprint density at radius 2 is 1.82 bits per heavy atom. The van der Waals surface area contributed by atoms with Crippen molar-refractivity contribution in [3.8, 4) is 17.2 Å². The average Bonchev–Trinajstić information content (AvgIpc) is 2.69. The first-order valence-electron chi connectivity index (χ1n) is 9.61. The molecule has 33 heavy (non-hydrogen) atoms. The van der Waals surface area contributed by atoms with Gasteiger partial charge in [-0.25, -0.2) is 0 Å². The van der Waals surface area contributed by atoms with E-state index < -0.39 is 48.2 Å². The second-order valence-electron chi connectivity index (χ2n) is 7.21. The summed E-state index contributed by atoms with van der Waals surface area (Å²) in [5.41, 5.74) is -0.114. The lowest BCUT2D eigenvalue weighted by molar-refractivity contribution is -0.385. The number of carbonyl (C=O) groups excluding carboxylic acids is 1. The van der Waals surface area contributed by atoms with Gasteiger partial charge in [0.05, 0.1) is 21.0 Å². The number of halogens is 4. The van der Waals surface area contributed by atoms with E-state index in [4.69, 9.17) is 9.47 Å². The molecule has 0 bridgehead atoms. The van der Waals surface area contributed by atoms with Gasteiger partial charge in [-0.2, -0.15) is 13.2 Å². The van der Waals surface area contributed by atoms with Crippen molar-refractivity contribution in [3.05, 3.63) is 55.5 Å². The Labute approximate surface area is 195 Å². The molecule has 0 aliphatic heterocycles. The van der Waals surface area contributed by atoms with Crippen LogP contribution in [0.3, 0.4) is 0 Å². The number of carbonyl (C=O) groups is 1. The molecule has 1 atom stereocenters. The van der Waals surface area contributed by atoms with Gasteiger partial charge in [0.2, 0.25) is 0 Å². The number of nitro groups is 1. The molecule has 8 nitrogen and oxygen atoms in total. The van der Waals surface area contributed by atoms with Gasteiger partial charge in [0.1, 0.15) is 36.6 Å². The highest BCUT2D eigenvalue weighted by molar-refractivity contribution is 9.10. The normalized spacial score (nSPS) is 12.3. The van der Waals surface area contributed by atoms with Crippen LogP contribution in [0.5, 0.6) is 17.2 Å². The first kappa shape index (κ1) is 26.4. The van der Waals surface area contributed by atoms with E-state index in [0.717, 1.165) is 6.92 Å². The molecule has 2 rings (SSSR count). The van der Waals surface area contributed by atoms with Crippen molar-refractivity contribution in [1.82, 2.24) is 0 Å². The third-order valence-electron chi connectivity index (χ3n) is 4.59. The number of benzene rings is 2. The van der Waals surface area contributed by atoms with E-state index >= 15 is 0 Å². The molecule has 0 heterocycles. The molecular weight excluding hydrogens is 515 g/mol. The number of rotatable bonds is 10. The van der Waals surface area contributed by atoms with Crippen LogP contribution in [-0.2, 0) is 6.42 Å². The van der Waals surface area contributed by atoms with E-state index in [1.165, 1.54) is 24.3 Å². The van der Waals surface area contributed by atoms with Crippen molar-refractivity contribution in [3.63, 3.8) is 0 Å². The summed E-state index contributed by atoms with van der Waals surface area (Å²) in [6.07, 6.45) is -7.63. The second-order valence-corrected chi connectivity index (χ2v) is 8.07. The highest BCUT2D eigenvalue weighted by Gasteiger charge is 2.29. The van der Waals surface area contributed by atoms with Crippen LogP contribution in [0.2, 0.25) is 0 Å².